The summed E-state index contributed by atoms with van der Waals surface area (Å²) in [5, 5.41) is 8.60. The molecular formula is C19H22N2O3S2. The zero-order valence-electron chi connectivity index (χ0n) is 15.1. The van der Waals surface area contributed by atoms with Gasteiger partial charge in [-0.15, -0.1) is 0 Å². The van der Waals surface area contributed by atoms with E-state index in [1.165, 1.54) is 33.6 Å². The van der Waals surface area contributed by atoms with E-state index in [-0.39, 0.29) is 23.1 Å². The van der Waals surface area contributed by atoms with Gasteiger partial charge < -0.3 is 10.0 Å². The third-order valence-electron chi connectivity index (χ3n) is 4.94. The lowest BCUT2D eigenvalue weighted by molar-refractivity contribution is -0.141. The molecule has 5 nitrogen and oxygen atoms in total. The molecule has 2 aliphatic heterocycles. The molecule has 1 amide bonds. The molecule has 0 radical (unpaired) electrons. The smallest absolute Gasteiger partial charge is 0.323 e. The number of nitrogens with zero attached hydrogens (tertiary/aromatic N) is 2. The van der Waals surface area contributed by atoms with E-state index < -0.39 is 5.97 Å². The monoisotopic (exact) mass is 390 g/mol. The van der Waals surface area contributed by atoms with Gasteiger partial charge in [0, 0.05) is 23.3 Å². The molecule has 7 heteroatoms. The highest BCUT2D eigenvalue weighted by molar-refractivity contribution is 8.24. The van der Waals surface area contributed by atoms with Crippen molar-refractivity contribution in [3.8, 4) is 0 Å². The standard InChI is InChI=1S/C19H22N2O3S2/c1-4-20-13-8-6-5-7-12(13)19(2,3)15(20)10-9-14-17(24)21(11-16(22)23)18(25)26-14/h5-8,10,14H,4,9,11H2,1-3H3,(H,22,23). The van der Waals surface area contributed by atoms with E-state index in [1.807, 2.05) is 6.07 Å². The Morgan fingerprint density at radius 1 is 1.35 bits per heavy atom. The molecule has 0 aliphatic carbocycles. The zero-order valence-corrected chi connectivity index (χ0v) is 16.7. The van der Waals surface area contributed by atoms with Gasteiger partial charge in [0.25, 0.3) is 0 Å². The Kier molecular flexibility index (Phi) is 5.12. The van der Waals surface area contributed by atoms with E-state index in [9.17, 15) is 9.59 Å². The van der Waals surface area contributed by atoms with Crippen LogP contribution in [0.4, 0.5) is 5.69 Å². The Morgan fingerprint density at radius 2 is 2.04 bits per heavy atom. The first-order valence-corrected chi connectivity index (χ1v) is 9.87. The first-order chi connectivity index (χ1) is 12.3. The molecule has 1 fully saturated rings. The highest BCUT2D eigenvalue weighted by atomic mass is 32.2. The van der Waals surface area contributed by atoms with Crippen LogP contribution in [-0.2, 0) is 15.0 Å². The van der Waals surface area contributed by atoms with Crippen molar-refractivity contribution in [2.24, 2.45) is 0 Å². The number of benzene rings is 1. The molecule has 1 atom stereocenters. The lowest BCUT2D eigenvalue weighted by Gasteiger charge is -2.26. The zero-order chi connectivity index (χ0) is 19.1. The third-order valence-corrected chi connectivity index (χ3v) is 6.55. The number of allylic oxidation sites excluding steroid dienone is 2. The number of carboxylic acid groups (broad SMARTS) is 1. The summed E-state index contributed by atoms with van der Waals surface area (Å²) in [5.41, 5.74) is 3.53. The Morgan fingerprint density at radius 3 is 2.69 bits per heavy atom. The summed E-state index contributed by atoms with van der Waals surface area (Å²) in [6.07, 6.45) is 2.65. The molecule has 3 rings (SSSR count). The van der Waals surface area contributed by atoms with E-state index in [4.69, 9.17) is 17.3 Å². The van der Waals surface area contributed by atoms with Crippen molar-refractivity contribution in [2.45, 2.75) is 37.9 Å². The largest absolute Gasteiger partial charge is 0.480 e. The summed E-state index contributed by atoms with van der Waals surface area (Å²) in [6, 6.07) is 8.37. The lowest BCUT2D eigenvalue weighted by Crippen LogP contribution is -2.35. The van der Waals surface area contributed by atoms with Gasteiger partial charge in [-0.2, -0.15) is 0 Å². The van der Waals surface area contributed by atoms with Crippen LogP contribution in [0.1, 0.15) is 32.8 Å². The first kappa shape index (κ1) is 18.9. The van der Waals surface area contributed by atoms with E-state index >= 15 is 0 Å². The summed E-state index contributed by atoms with van der Waals surface area (Å²) < 4.78 is 0.349. The molecule has 0 saturated carbocycles. The molecule has 138 valence electrons. The number of carboxylic acids is 1. The average molecular weight is 391 g/mol. The van der Waals surface area contributed by atoms with Gasteiger partial charge in [-0.3, -0.25) is 14.5 Å². The number of thioether (sulfide) groups is 1. The minimum absolute atomic E-state index is 0.139. The number of aliphatic carboxylic acids is 1. The summed E-state index contributed by atoms with van der Waals surface area (Å²) in [6.45, 7) is 6.99. The predicted molar refractivity (Wildman–Crippen MR) is 109 cm³/mol. The summed E-state index contributed by atoms with van der Waals surface area (Å²) in [7, 11) is 0. The minimum Gasteiger partial charge on any atom is -0.480 e. The van der Waals surface area contributed by atoms with Gasteiger partial charge in [-0.1, -0.05) is 62.1 Å². The number of para-hydroxylation sites is 1. The maximum absolute atomic E-state index is 12.5. The molecule has 1 N–H and O–H groups in total. The molecule has 2 aliphatic rings. The second kappa shape index (κ2) is 7.04. The third kappa shape index (κ3) is 3.14. The van der Waals surface area contributed by atoms with Gasteiger partial charge in [-0.25, -0.2) is 0 Å². The van der Waals surface area contributed by atoms with Gasteiger partial charge in [0.05, 0.1) is 5.25 Å². The number of likely N-dealkylation sites (N-methyl/N-ethyl adjacent to an activating group) is 1. The number of anilines is 1. The number of amides is 1. The quantitative estimate of drug-likeness (QED) is 0.778. The summed E-state index contributed by atoms with van der Waals surface area (Å²) in [5.74, 6) is -1.26. The fraction of sp³-hybridized carbons (Fsp3) is 0.421. The summed E-state index contributed by atoms with van der Waals surface area (Å²) >= 11 is 6.46. The molecule has 1 aromatic rings. The van der Waals surface area contributed by atoms with E-state index in [0.29, 0.717) is 10.7 Å². The van der Waals surface area contributed by atoms with E-state index in [2.05, 4.69) is 49.9 Å². The maximum atomic E-state index is 12.5. The highest BCUT2D eigenvalue weighted by Crippen LogP contribution is 2.47. The number of carbonyl (C=O) groups excluding carboxylic acids is 1. The van der Waals surface area contributed by atoms with Crippen LogP contribution in [0.15, 0.2) is 36.0 Å². The van der Waals surface area contributed by atoms with E-state index in [1.54, 1.807) is 0 Å². The Bertz CT molecular complexity index is 804. The van der Waals surface area contributed by atoms with E-state index in [0.717, 1.165) is 6.54 Å². The summed E-state index contributed by atoms with van der Waals surface area (Å²) in [4.78, 5) is 26.9. The van der Waals surface area contributed by atoms with Crippen molar-refractivity contribution in [1.29, 1.82) is 0 Å². The Labute approximate surface area is 163 Å². The van der Waals surface area contributed by atoms with Crippen molar-refractivity contribution >= 4 is 45.9 Å². The van der Waals surface area contributed by atoms with Crippen LogP contribution >= 0.6 is 24.0 Å². The molecular weight excluding hydrogens is 368 g/mol. The number of hydrogen-bond donors (Lipinski definition) is 1. The number of thiocarbonyl (C=S) groups is 1. The molecule has 26 heavy (non-hydrogen) atoms. The highest BCUT2D eigenvalue weighted by Gasteiger charge is 2.41. The second-order valence-electron chi connectivity index (χ2n) is 6.90. The Balaban J connectivity index is 1.84. The van der Waals surface area contributed by atoms with Crippen molar-refractivity contribution in [3.63, 3.8) is 0 Å². The molecule has 0 spiro atoms. The number of hydrogen-bond acceptors (Lipinski definition) is 5. The molecule has 1 aromatic carbocycles. The van der Waals surface area contributed by atoms with Crippen LogP contribution in [-0.4, -0.2) is 44.5 Å². The molecule has 0 aromatic heterocycles. The SMILES string of the molecule is CCN1C(=CCC2SC(=S)N(CC(=O)O)C2=O)C(C)(C)c2ccccc21. The number of fused-ring (bicyclic) bond motifs is 1. The van der Waals surface area contributed by atoms with Crippen molar-refractivity contribution in [3.05, 3.63) is 41.6 Å². The molecule has 2 heterocycles. The first-order valence-electron chi connectivity index (χ1n) is 8.58. The predicted octanol–water partition coefficient (Wildman–Crippen LogP) is 3.39. The average Bonchev–Trinajstić information content (AvgIpc) is 2.97. The molecule has 1 saturated heterocycles. The molecule has 0 bridgehead atoms. The van der Waals surface area contributed by atoms with Crippen molar-refractivity contribution in [2.75, 3.05) is 18.0 Å². The normalized spacial score (nSPS) is 23.0. The molecule has 1 unspecified atom stereocenters. The second-order valence-corrected chi connectivity index (χ2v) is 8.74. The topological polar surface area (TPSA) is 60.9 Å². The van der Waals surface area contributed by atoms with Crippen LogP contribution < -0.4 is 4.90 Å². The van der Waals surface area contributed by atoms with Crippen LogP contribution in [0, 0.1) is 0 Å². The van der Waals surface area contributed by atoms with Gasteiger partial charge in [0.15, 0.2) is 0 Å². The van der Waals surface area contributed by atoms with Gasteiger partial charge >= 0.3 is 5.97 Å². The van der Waals surface area contributed by atoms with Crippen molar-refractivity contribution in [1.82, 2.24) is 4.90 Å². The van der Waals surface area contributed by atoms with Crippen LogP contribution in [0.3, 0.4) is 0 Å². The van der Waals surface area contributed by atoms with Gasteiger partial charge in [0.1, 0.15) is 10.9 Å². The lowest BCUT2D eigenvalue weighted by atomic mass is 9.83. The van der Waals surface area contributed by atoms with Gasteiger partial charge in [0.2, 0.25) is 5.91 Å². The van der Waals surface area contributed by atoms with Crippen LogP contribution in [0.2, 0.25) is 0 Å². The van der Waals surface area contributed by atoms with Crippen LogP contribution in [0.5, 0.6) is 0 Å². The fourth-order valence-corrected chi connectivity index (χ4v) is 5.14. The number of rotatable bonds is 5. The van der Waals surface area contributed by atoms with Crippen molar-refractivity contribution < 1.29 is 14.7 Å². The Hall–Kier alpha value is -1.86. The maximum Gasteiger partial charge on any atom is 0.323 e. The van der Waals surface area contributed by atoms with Crippen LogP contribution in [0.25, 0.3) is 0 Å². The van der Waals surface area contributed by atoms with Gasteiger partial charge in [-0.05, 0) is 25.0 Å². The number of carbonyl (C=O) groups is 2. The minimum atomic E-state index is -1.05. The fourth-order valence-electron chi connectivity index (χ4n) is 3.69.